The highest BCUT2D eigenvalue weighted by atomic mass is 35.5. The molecule has 1 aromatic rings. The SMILES string of the molecule is N#Cc1c(Cl)ccc(CN)c1Cl. The summed E-state index contributed by atoms with van der Waals surface area (Å²) in [7, 11) is 0. The van der Waals surface area contributed by atoms with Crippen molar-refractivity contribution < 1.29 is 0 Å². The molecule has 4 heteroatoms. The molecule has 0 heterocycles. The van der Waals surface area contributed by atoms with Gasteiger partial charge in [-0.3, -0.25) is 0 Å². The number of nitriles is 1. The van der Waals surface area contributed by atoms with Crippen molar-refractivity contribution in [1.29, 1.82) is 5.26 Å². The monoisotopic (exact) mass is 200 g/mol. The number of hydrogen-bond acceptors (Lipinski definition) is 2. The van der Waals surface area contributed by atoms with E-state index in [1.54, 1.807) is 12.1 Å². The molecule has 2 nitrogen and oxygen atoms in total. The maximum atomic E-state index is 8.66. The molecule has 1 rings (SSSR count). The van der Waals surface area contributed by atoms with Gasteiger partial charge in [0.25, 0.3) is 0 Å². The van der Waals surface area contributed by atoms with Gasteiger partial charge in [0.1, 0.15) is 6.07 Å². The molecule has 0 saturated carbocycles. The topological polar surface area (TPSA) is 49.8 Å². The fraction of sp³-hybridized carbons (Fsp3) is 0.125. The average Bonchev–Trinajstić information content (AvgIpc) is 2.06. The fourth-order valence-corrected chi connectivity index (χ4v) is 1.39. The molecule has 0 aliphatic rings. The van der Waals surface area contributed by atoms with Crippen LogP contribution in [0, 0.1) is 11.3 Å². The van der Waals surface area contributed by atoms with E-state index in [-0.39, 0.29) is 0 Å². The Balaban J connectivity index is 3.36. The first-order chi connectivity index (χ1) is 5.70. The van der Waals surface area contributed by atoms with Crippen LogP contribution in [0.1, 0.15) is 11.1 Å². The smallest absolute Gasteiger partial charge is 0.102 e. The summed E-state index contributed by atoms with van der Waals surface area (Å²) in [5.41, 5.74) is 6.41. The Morgan fingerprint density at radius 2 is 2.08 bits per heavy atom. The molecule has 0 saturated heterocycles. The van der Waals surface area contributed by atoms with Gasteiger partial charge in [-0.25, -0.2) is 0 Å². The van der Waals surface area contributed by atoms with Crippen LogP contribution in [0.2, 0.25) is 10.0 Å². The van der Waals surface area contributed by atoms with E-state index in [4.69, 9.17) is 34.2 Å². The molecule has 0 aliphatic heterocycles. The number of nitrogens with zero attached hydrogens (tertiary/aromatic N) is 1. The van der Waals surface area contributed by atoms with E-state index in [1.807, 2.05) is 6.07 Å². The van der Waals surface area contributed by atoms with Crippen LogP contribution in [0.25, 0.3) is 0 Å². The van der Waals surface area contributed by atoms with Crippen LogP contribution in [0.15, 0.2) is 12.1 Å². The first-order valence-corrected chi connectivity index (χ1v) is 4.03. The molecule has 0 radical (unpaired) electrons. The Morgan fingerprint density at radius 3 is 2.58 bits per heavy atom. The minimum absolute atomic E-state index is 0.293. The summed E-state index contributed by atoms with van der Waals surface area (Å²) in [6, 6.07) is 5.25. The van der Waals surface area contributed by atoms with Crippen LogP contribution < -0.4 is 5.73 Å². The summed E-state index contributed by atoms with van der Waals surface area (Å²) >= 11 is 11.5. The molecule has 0 spiro atoms. The van der Waals surface area contributed by atoms with Gasteiger partial charge in [0.2, 0.25) is 0 Å². The van der Waals surface area contributed by atoms with Crippen LogP contribution >= 0.6 is 23.2 Å². The number of nitrogens with two attached hydrogens (primary N) is 1. The molecular weight excluding hydrogens is 195 g/mol. The Kier molecular flexibility index (Phi) is 2.93. The second-order valence-corrected chi connectivity index (χ2v) is 3.00. The third kappa shape index (κ3) is 1.54. The number of hydrogen-bond donors (Lipinski definition) is 1. The van der Waals surface area contributed by atoms with E-state index < -0.39 is 0 Å². The van der Waals surface area contributed by atoms with Crippen LogP contribution in [0.5, 0.6) is 0 Å². The highest BCUT2D eigenvalue weighted by molar-refractivity contribution is 6.37. The Labute approximate surface area is 80.5 Å². The molecule has 0 atom stereocenters. The zero-order valence-corrected chi connectivity index (χ0v) is 7.65. The fourth-order valence-electron chi connectivity index (χ4n) is 0.856. The summed E-state index contributed by atoms with van der Waals surface area (Å²) in [6.45, 7) is 0.310. The van der Waals surface area contributed by atoms with Gasteiger partial charge in [-0.05, 0) is 11.6 Å². The van der Waals surface area contributed by atoms with Crippen molar-refractivity contribution in [2.45, 2.75) is 6.54 Å². The summed E-state index contributed by atoms with van der Waals surface area (Å²) < 4.78 is 0. The maximum absolute atomic E-state index is 8.66. The molecule has 0 amide bonds. The summed E-state index contributed by atoms with van der Waals surface area (Å²) in [4.78, 5) is 0. The average molecular weight is 201 g/mol. The van der Waals surface area contributed by atoms with Gasteiger partial charge in [-0.2, -0.15) is 5.26 Å². The number of halogens is 2. The van der Waals surface area contributed by atoms with E-state index in [2.05, 4.69) is 0 Å². The molecule has 0 aromatic heterocycles. The number of rotatable bonds is 1. The molecule has 0 fully saturated rings. The van der Waals surface area contributed by atoms with Crippen LogP contribution in [0.4, 0.5) is 0 Å². The predicted molar refractivity (Wildman–Crippen MR) is 49.1 cm³/mol. The Morgan fingerprint density at radius 1 is 1.42 bits per heavy atom. The lowest BCUT2D eigenvalue weighted by molar-refractivity contribution is 1.07. The zero-order valence-electron chi connectivity index (χ0n) is 6.14. The van der Waals surface area contributed by atoms with Gasteiger partial charge in [0.05, 0.1) is 15.6 Å². The van der Waals surface area contributed by atoms with Gasteiger partial charge in [-0.15, -0.1) is 0 Å². The predicted octanol–water partition coefficient (Wildman–Crippen LogP) is 2.32. The van der Waals surface area contributed by atoms with Crippen molar-refractivity contribution in [1.82, 2.24) is 0 Å². The highest BCUT2D eigenvalue weighted by Crippen LogP contribution is 2.26. The number of benzene rings is 1. The van der Waals surface area contributed by atoms with Gasteiger partial charge >= 0.3 is 0 Å². The quantitative estimate of drug-likeness (QED) is 0.757. The molecule has 12 heavy (non-hydrogen) atoms. The van der Waals surface area contributed by atoms with E-state index in [0.717, 1.165) is 5.56 Å². The van der Waals surface area contributed by atoms with Crippen molar-refractivity contribution in [3.8, 4) is 6.07 Å². The minimum atomic E-state index is 0.293. The van der Waals surface area contributed by atoms with E-state index in [9.17, 15) is 0 Å². The summed E-state index contributed by atoms with van der Waals surface area (Å²) in [5, 5.41) is 9.37. The lowest BCUT2D eigenvalue weighted by Crippen LogP contribution is -1.98. The van der Waals surface area contributed by atoms with Gasteiger partial charge in [-0.1, -0.05) is 29.3 Å². The third-order valence-corrected chi connectivity index (χ3v) is 2.25. The molecule has 62 valence electrons. The van der Waals surface area contributed by atoms with Crippen molar-refractivity contribution in [2.24, 2.45) is 5.73 Å². The van der Waals surface area contributed by atoms with Crippen molar-refractivity contribution in [3.05, 3.63) is 33.3 Å². The Hall–Kier alpha value is -0.750. The van der Waals surface area contributed by atoms with E-state index in [1.165, 1.54) is 0 Å². The molecule has 0 bridgehead atoms. The lowest BCUT2D eigenvalue weighted by Gasteiger charge is -2.03. The van der Waals surface area contributed by atoms with Crippen LogP contribution in [-0.2, 0) is 6.54 Å². The van der Waals surface area contributed by atoms with E-state index in [0.29, 0.717) is 22.2 Å². The van der Waals surface area contributed by atoms with Crippen molar-refractivity contribution in [3.63, 3.8) is 0 Å². The summed E-state index contributed by atoms with van der Waals surface area (Å²) in [6.07, 6.45) is 0. The second kappa shape index (κ2) is 3.77. The van der Waals surface area contributed by atoms with Crippen LogP contribution in [0.3, 0.4) is 0 Å². The first kappa shape index (κ1) is 9.34. The van der Waals surface area contributed by atoms with E-state index >= 15 is 0 Å². The molecule has 2 N–H and O–H groups in total. The lowest BCUT2D eigenvalue weighted by atomic mass is 10.1. The molecular formula is C8H6Cl2N2. The van der Waals surface area contributed by atoms with Gasteiger partial charge < -0.3 is 5.73 Å². The standard InChI is InChI=1S/C8H6Cl2N2/c9-7-2-1-5(3-11)8(10)6(7)4-12/h1-2H,3,11H2. The zero-order chi connectivity index (χ0) is 9.14. The van der Waals surface area contributed by atoms with Crippen molar-refractivity contribution in [2.75, 3.05) is 0 Å². The van der Waals surface area contributed by atoms with Gasteiger partial charge in [0, 0.05) is 6.54 Å². The highest BCUT2D eigenvalue weighted by Gasteiger charge is 2.08. The Bertz CT molecular complexity index is 342. The van der Waals surface area contributed by atoms with Gasteiger partial charge in [0.15, 0.2) is 0 Å². The first-order valence-electron chi connectivity index (χ1n) is 3.27. The largest absolute Gasteiger partial charge is 0.326 e. The van der Waals surface area contributed by atoms with Crippen LogP contribution in [-0.4, -0.2) is 0 Å². The minimum Gasteiger partial charge on any atom is -0.326 e. The molecule has 0 aliphatic carbocycles. The molecule has 1 aromatic carbocycles. The van der Waals surface area contributed by atoms with Crippen molar-refractivity contribution >= 4 is 23.2 Å². The molecule has 0 unspecified atom stereocenters. The second-order valence-electron chi connectivity index (χ2n) is 2.21. The normalized spacial score (nSPS) is 9.50. The summed E-state index contributed by atoms with van der Waals surface area (Å²) in [5.74, 6) is 0. The maximum Gasteiger partial charge on any atom is 0.102 e. The third-order valence-electron chi connectivity index (χ3n) is 1.50.